The lowest BCUT2D eigenvalue weighted by Gasteiger charge is -2.28. The largest absolute Gasteiger partial charge is 0.481 e. The van der Waals surface area contributed by atoms with Crippen molar-refractivity contribution in [3.63, 3.8) is 0 Å². The molecule has 1 saturated heterocycles. The number of hydrogen-bond acceptors (Lipinski definition) is 9. The van der Waals surface area contributed by atoms with Gasteiger partial charge in [-0.05, 0) is 55.9 Å². The number of fused-ring (bicyclic) bond motifs is 1. The number of nitrogens with one attached hydrogen (secondary N) is 1. The summed E-state index contributed by atoms with van der Waals surface area (Å²) in [7, 11) is 0. The Morgan fingerprint density at radius 2 is 1.97 bits per heavy atom. The Hall–Kier alpha value is -2.98. The summed E-state index contributed by atoms with van der Waals surface area (Å²) in [6.07, 6.45) is 6.00. The number of aromatic nitrogens is 2. The molecule has 2 N–H and O–H groups in total. The third-order valence-corrected chi connectivity index (χ3v) is 8.53. The summed E-state index contributed by atoms with van der Waals surface area (Å²) in [5.74, 6) is 3.13. The monoisotopic (exact) mass is 540 g/mol. The lowest BCUT2D eigenvalue weighted by atomic mass is 9.93. The second-order valence-corrected chi connectivity index (χ2v) is 11.3. The van der Waals surface area contributed by atoms with Crippen LogP contribution in [0, 0.1) is 0 Å². The molecule has 5 rings (SSSR count). The van der Waals surface area contributed by atoms with Crippen LogP contribution in [0.4, 0.5) is 11.5 Å². The summed E-state index contributed by atoms with van der Waals surface area (Å²) >= 11 is 3.67. The highest BCUT2D eigenvalue weighted by molar-refractivity contribution is 7.99. The van der Waals surface area contributed by atoms with E-state index in [1.165, 1.54) is 17.2 Å². The van der Waals surface area contributed by atoms with Gasteiger partial charge in [0.1, 0.15) is 5.82 Å². The average Bonchev–Trinajstić information content (AvgIpc) is 3.58. The Morgan fingerprint density at radius 1 is 1.11 bits per heavy atom. The molecule has 2 aliphatic heterocycles. The van der Waals surface area contributed by atoms with Crippen molar-refractivity contribution in [3.8, 4) is 11.5 Å². The zero-order chi connectivity index (χ0) is 25.5. The Kier molecular flexibility index (Phi) is 8.68. The number of thioether (sulfide) groups is 1. The van der Waals surface area contributed by atoms with Gasteiger partial charge in [0.2, 0.25) is 6.79 Å². The molecule has 0 saturated carbocycles. The van der Waals surface area contributed by atoms with Gasteiger partial charge in [-0.1, -0.05) is 6.07 Å². The molecule has 0 spiro atoms. The third-order valence-electron chi connectivity index (χ3n) is 6.63. The molecule has 196 valence electrons. The minimum absolute atomic E-state index is 0.177. The average molecular weight is 541 g/mol. The first kappa shape index (κ1) is 25.7. The first-order valence-electron chi connectivity index (χ1n) is 12.7. The predicted molar refractivity (Wildman–Crippen MR) is 149 cm³/mol. The summed E-state index contributed by atoms with van der Waals surface area (Å²) in [4.78, 5) is 23.6. The third kappa shape index (κ3) is 6.87. The number of nitrogens with zero attached hydrogens (tertiary/aromatic N) is 3. The normalized spacial score (nSPS) is 15.5. The molecule has 2 aliphatic rings. The molecule has 0 aliphatic carbocycles. The smallest absolute Gasteiger partial charge is 0.310 e. The van der Waals surface area contributed by atoms with E-state index in [0.717, 1.165) is 61.0 Å². The quantitative estimate of drug-likeness (QED) is 0.306. The fourth-order valence-electron chi connectivity index (χ4n) is 4.59. The molecule has 1 aromatic carbocycles. The number of aliphatic carboxylic acids is 1. The van der Waals surface area contributed by atoms with Crippen LogP contribution in [-0.4, -0.2) is 59.0 Å². The van der Waals surface area contributed by atoms with Gasteiger partial charge < -0.3 is 24.8 Å². The highest BCUT2D eigenvalue weighted by Crippen LogP contribution is 2.36. The Labute approximate surface area is 225 Å². The van der Waals surface area contributed by atoms with E-state index in [1.807, 2.05) is 24.0 Å². The van der Waals surface area contributed by atoms with E-state index in [2.05, 4.69) is 32.7 Å². The van der Waals surface area contributed by atoms with Crippen molar-refractivity contribution in [3.05, 3.63) is 58.2 Å². The number of rotatable bonds is 12. The number of pyridine rings is 1. The number of benzene rings is 1. The number of carboxylic acid groups (broad SMARTS) is 1. The Balaban J connectivity index is 1.04. The topological polar surface area (TPSA) is 96.8 Å². The lowest BCUT2D eigenvalue weighted by Crippen LogP contribution is -2.32. The first-order chi connectivity index (χ1) is 18.2. The van der Waals surface area contributed by atoms with Crippen LogP contribution in [0.25, 0.3) is 0 Å². The van der Waals surface area contributed by atoms with E-state index in [9.17, 15) is 9.90 Å². The van der Waals surface area contributed by atoms with Crippen molar-refractivity contribution in [2.24, 2.45) is 0 Å². The number of carbonyl (C=O) groups is 1. The van der Waals surface area contributed by atoms with E-state index in [0.29, 0.717) is 24.3 Å². The van der Waals surface area contributed by atoms with Crippen LogP contribution in [0.1, 0.15) is 41.4 Å². The van der Waals surface area contributed by atoms with Crippen molar-refractivity contribution in [1.82, 2.24) is 9.97 Å². The van der Waals surface area contributed by atoms with Gasteiger partial charge in [-0.3, -0.25) is 4.79 Å². The summed E-state index contributed by atoms with van der Waals surface area (Å²) < 4.78 is 10.7. The molecule has 2 aromatic heterocycles. The van der Waals surface area contributed by atoms with Gasteiger partial charge in [-0.2, -0.15) is 11.8 Å². The molecule has 8 nitrogen and oxygen atoms in total. The fraction of sp³-hybridized carbons (Fsp3) is 0.444. The van der Waals surface area contributed by atoms with Gasteiger partial charge in [0.15, 0.2) is 11.5 Å². The number of ether oxygens (including phenoxy) is 2. The number of hydrogen-bond donors (Lipinski definition) is 2. The van der Waals surface area contributed by atoms with Gasteiger partial charge in [-0.25, -0.2) is 9.97 Å². The second kappa shape index (κ2) is 12.5. The van der Waals surface area contributed by atoms with E-state index in [1.54, 1.807) is 23.5 Å². The van der Waals surface area contributed by atoms with E-state index in [-0.39, 0.29) is 6.79 Å². The van der Waals surface area contributed by atoms with Gasteiger partial charge >= 0.3 is 5.97 Å². The van der Waals surface area contributed by atoms with Crippen molar-refractivity contribution in [1.29, 1.82) is 0 Å². The second-order valence-electron chi connectivity index (χ2n) is 9.16. The van der Waals surface area contributed by atoms with Crippen LogP contribution in [0.5, 0.6) is 11.5 Å². The maximum absolute atomic E-state index is 11.9. The minimum Gasteiger partial charge on any atom is -0.481 e. The molecular formula is C27H32N4O4S2. The van der Waals surface area contributed by atoms with Crippen LogP contribution < -0.4 is 19.7 Å². The summed E-state index contributed by atoms with van der Waals surface area (Å²) in [5.41, 5.74) is 2.94. The highest BCUT2D eigenvalue weighted by Gasteiger charge is 2.23. The Morgan fingerprint density at radius 3 is 2.84 bits per heavy atom. The molecule has 0 amide bonds. The van der Waals surface area contributed by atoms with Crippen LogP contribution in [0.15, 0.2) is 41.9 Å². The van der Waals surface area contributed by atoms with Gasteiger partial charge in [0.05, 0.1) is 16.6 Å². The number of anilines is 2. The number of carboxylic acids is 1. The zero-order valence-electron chi connectivity index (χ0n) is 20.7. The standard InChI is InChI=1S/C27H32N4O4S2/c32-27(33)22(19-4-7-23-24(15-19)35-18-34-23)6-5-20-17-37-26(30-20)3-1-2-9-28-25-16-21(8-10-29-25)31-11-13-36-14-12-31/h4,7-8,10,15-17,22H,1-3,5-6,9,11-14,18H2,(H,28,29)(H,32,33). The molecule has 10 heteroatoms. The van der Waals surface area contributed by atoms with Gasteiger partial charge in [0.25, 0.3) is 0 Å². The highest BCUT2D eigenvalue weighted by atomic mass is 32.2. The Bertz CT molecular complexity index is 1200. The predicted octanol–water partition coefficient (Wildman–Crippen LogP) is 5.06. The van der Waals surface area contributed by atoms with Crippen molar-refractivity contribution >= 4 is 40.6 Å². The molecule has 1 atom stereocenters. The van der Waals surface area contributed by atoms with Gasteiger partial charge in [0, 0.05) is 54.5 Å². The summed E-state index contributed by atoms with van der Waals surface area (Å²) in [6.45, 7) is 3.25. The van der Waals surface area contributed by atoms with Crippen LogP contribution in [0.3, 0.4) is 0 Å². The maximum Gasteiger partial charge on any atom is 0.310 e. The van der Waals surface area contributed by atoms with Crippen molar-refractivity contribution in [2.75, 3.05) is 48.1 Å². The maximum atomic E-state index is 11.9. The number of thiazole rings is 1. The van der Waals surface area contributed by atoms with E-state index >= 15 is 0 Å². The van der Waals surface area contributed by atoms with Crippen molar-refractivity contribution in [2.45, 2.75) is 38.0 Å². The van der Waals surface area contributed by atoms with Crippen molar-refractivity contribution < 1.29 is 19.4 Å². The zero-order valence-corrected chi connectivity index (χ0v) is 22.4. The summed E-state index contributed by atoms with van der Waals surface area (Å²) in [5, 5.41) is 16.4. The molecule has 37 heavy (non-hydrogen) atoms. The molecule has 3 aromatic rings. The number of unbranched alkanes of at least 4 members (excludes halogenated alkanes) is 1. The van der Waals surface area contributed by atoms with Crippen LogP contribution in [0.2, 0.25) is 0 Å². The van der Waals surface area contributed by atoms with E-state index < -0.39 is 11.9 Å². The molecule has 0 bridgehead atoms. The van der Waals surface area contributed by atoms with Crippen LogP contribution in [-0.2, 0) is 17.6 Å². The van der Waals surface area contributed by atoms with E-state index in [4.69, 9.17) is 14.5 Å². The SMILES string of the molecule is O=C(O)C(CCc1csc(CCCCNc2cc(N3CCSCC3)ccn2)n1)c1ccc2c(c1)OCO2. The van der Waals surface area contributed by atoms with Crippen LogP contribution >= 0.6 is 23.1 Å². The summed E-state index contributed by atoms with van der Waals surface area (Å²) in [6, 6.07) is 9.61. The molecule has 1 fully saturated rings. The molecule has 4 heterocycles. The van der Waals surface area contributed by atoms with Gasteiger partial charge in [-0.15, -0.1) is 11.3 Å². The molecule has 0 radical (unpaired) electrons. The first-order valence-corrected chi connectivity index (χ1v) is 14.8. The fourth-order valence-corrected chi connectivity index (χ4v) is 6.36. The molecular weight excluding hydrogens is 508 g/mol. The minimum atomic E-state index is -0.836. The number of aryl methyl sites for hydroxylation is 2. The molecule has 1 unspecified atom stereocenters. The lowest BCUT2D eigenvalue weighted by molar-refractivity contribution is -0.138.